The van der Waals surface area contributed by atoms with Crippen molar-refractivity contribution < 1.29 is 0 Å². The fraction of sp³-hybridized carbons (Fsp3) is 0.500. The van der Waals surface area contributed by atoms with Crippen molar-refractivity contribution in [3.63, 3.8) is 0 Å². The van der Waals surface area contributed by atoms with Crippen LogP contribution in [0.1, 0.15) is 37.6 Å². The Labute approximate surface area is 124 Å². The molecule has 1 saturated carbocycles. The van der Waals surface area contributed by atoms with Crippen LogP contribution in [0.4, 0.5) is 0 Å². The average molecular weight is 288 g/mol. The highest BCUT2D eigenvalue weighted by Crippen LogP contribution is 2.50. The van der Waals surface area contributed by atoms with Crippen LogP contribution in [-0.4, -0.2) is 15.4 Å². The van der Waals surface area contributed by atoms with E-state index in [0.717, 1.165) is 29.8 Å². The number of hydrogen-bond donors (Lipinski definition) is 0. The summed E-state index contributed by atoms with van der Waals surface area (Å²) < 4.78 is 2.29. The maximum absolute atomic E-state index is 9.09. The van der Waals surface area contributed by atoms with Gasteiger partial charge in [0.1, 0.15) is 5.82 Å². The molecule has 2 aromatic rings. The molecular weight excluding hydrogens is 270 g/mol. The second kappa shape index (κ2) is 5.10. The monoisotopic (exact) mass is 287 g/mol. The quantitative estimate of drug-likeness (QED) is 0.783. The van der Waals surface area contributed by atoms with Crippen molar-refractivity contribution in [1.29, 1.82) is 5.26 Å². The van der Waals surface area contributed by atoms with Crippen molar-refractivity contribution in [3.05, 3.63) is 29.6 Å². The first-order chi connectivity index (χ1) is 9.71. The summed E-state index contributed by atoms with van der Waals surface area (Å²) in [6.07, 6.45) is 4.56. The highest BCUT2D eigenvalue weighted by Gasteiger charge is 2.41. The first-order valence-corrected chi connectivity index (χ1v) is 7.70. The van der Waals surface area contributed by atoms with Crippen LogP contribution in [0.3, 0.4) is 0 Å². The molecule has 0 amide bonds. The number of hydrogen-bond acceptors (Lipinski definition) is 2. The third-order valence-corrected chi connectivity index (χ3v) is 4.66. The standard InChI is InChI=1S/C16H18ClN3/c1-2-16(6-7-16)11-20-14-9-12(10-18)3-4-13(14)19-15(20)5-8-17/h3-4,9H,2,5-8,11H2,1H3. The van der Waals surface area contributed by atoms with Crippen LogP contribution in [0.25, 0.3) is 11.0 Å². The van der Waals surface area contributed by atoms with E-state index < -0.39 is 0 Å². The summed E-state index contributed by atoms with van der Waals surface area (Å²) in [7, 11) is 0. The molecule has 0 spiro atoms. The molecule has 20 heavy (non-hydrogen) atoms. The Morgan fingerprint density at radius 1 is 1.45 bits per heavy atom. The second-order valence-corrected chi connectivity index (χ2v) is 6.10. The lowest BCUT2D eigenvalue weighted by atomic mass is 10.0. The number of halogens is 1. The van der Waals surface area contributed by atoms with Gasteiger partial charge in [-0.05, 0) is 42.9 Å². The SMILES string of the molecule is CCC1(Cn2c(CCCl)nc3ccc(C#N)cc32)CC1. The normalized spacial score (nSPS) is 16.2. The second-order valence-electron chi connectivity index (χ2n) is 5.72. The van der Waals surface area contributed by atoms with Gasteiger partial charge in [-0.15, -0.1) is 11.6 Å². The Morgan fingerprint density at radius 3 is 2.85 bits per heavy atom. The average Bonchev–Trinajstić information content (AvgIpc) is 3.18. The lowest BCUT2D eigenvalue weighted by Gasteiger charge is -2.16. The number of nitriles is 1. The van der Waals surface area contributed by atoms with Crippen molar-refractivity contribution in [1.82, 2.24) is 9.55 Å². The molecule has 3 nitrogen and oxygen atoms in total. The van der Waals surface area contributed by atoms with E-state index in [2.05, 4.69) is 17.6 Å². The molecule has 1 aromatic heterocycles. The number of benzene rings is 1. The fourth-order valence-corrected chi connectivity index (χ4v) is 3.00. The van der Waals surface area contributed by atoms with Gasteiger partial charge in [-0.1, -0.05) is 6.92 Å². The highest BCUT2D eigenvalue weighted by molar-refractivity contribution is 6.17. The minimum atomic E-state index is 0.442. The predicted octanol–water partition coefficient (Wildman–Crippen LogP) is 3.88. The van der Waals surface area contributed by atoms with E-state index in [4.69, 9.17) is 21.8 Å². The Kier molecular flexibility index (Phi) is 3.43. The Bertz CT molecular complexity index is 677. The molecule has 0 saturated heterocycles. The van der Waals surface area contributed by atoms with Crippen LogP contribution < -0.4 is 0 Å². The number of nitrogens with zero attached hydrogens (tertiary/aromatic N) is 3. The lowest BCUT2D eigenvalue weighted by Crippen LogP contribution is -2.14. The first-order valence-electron chi connectivity index (χ1n) is 7.16. The zero-order chi connectivity index (χ0) is 14.2. The maximum Gasteiger partial charge on any atom is 0.111 e. The minimum absolute atomic E-state index is 0.442. The van der Waals surface area contributed by atoms with E-state index >= 15 is 0 Å². The van der Waals surface area contributed by atoms with Gasteiger partial charge in [-0.2, -0.15) is 5.26 Å². The lowest BCUT2D eigenvalue weighted by molar-refractivity contribution is 0.408. The molecule has 3 rings (SSSR count). The molecule has 1 aliphatic carbocycles. The van der Waals surface area contributed by atoms with E-state index in [0.29, 0.717) is 16.9 Å². The van der Waals surface area contributed by atoms with Gasteiger partial charge in [0.25, 0.3) is 0 Å². The summed E-state index contributed by atoms with van der Waals surface area (Å²) in [5, 5.41) is 9.09. The number of fused-ring (bicyclic) bond motifs is 1. The molecule has 1 heterocycles. The number of alkyl halides is 1. The van der Waals surface area contributed by atoms with Crippen LogP contribution >= 0.6 is 11.6 Å². The summed E-state index contributed by atoms with van der Waals surface area (Å²) in [4.78, 5) is 4.69. The fourth-order valence-electron chi connectivity index (χ4n) is 2.83. The smallest absolute Gasteiger partial charge is 0.111 e. The summed E-state index contributed by atoms with van der Waals surface area (Å²) in [6.45, 7) is 3.26. The Morgan fingerprint density at radius 2 is 2.25 bits per heavy atom. The molecule has 0 aliphatic heterocycles. The third kappa shape index (κ3) is 2.29. The summed E-state index contributed by atoms with van der Waals surface area (Å²) in [6, 6.07) is 7.93. The van der Waals surface area contributed by atoms with Gasteiger partial charge in [-0.3, -0.25) is 0 Å². The van der Waals surface area contributed by atoms with Crippen LogP contribution in [0, 0.1) is 16.7 Å². The van der Waals surface area contributed by atoms with Crippen LogP contribution in [0.15, 0.2) is 18.2 Å². The van der Waals surface area contributed by atoms with E-state index in [1.807, 2.05) is 18.2 Å². The Hall–Kier alpha value is -1.53. The van der Waals surface area contributed by atoms with Crippen molar-refractivity contribution in [3.8, 4) is 6.07 Å². The Balaban J connectivity index is 2.09. The van der Waals surface area contributed by atoms with Crippen molar-refractivity contribution >= 4 is 22.6 Å². The first kappa shape index (κ1) is 13.5. The van der Waals surface area contributed by atoms with Crippen LogP contribution in [-0.2, 0) is 13.0 Å². The van der Waals surface area contributed by atoms with Gasteiger partial charge in [0.05, 0.1) is 22.7 Å². The zero-order valence-corrected chi connectivity index (χ0v) is 12.5. The molecule has 104 valence electrons. The molecule has 4 heteroatoms. The van der Waals surface area contributed by atoms with E-state index in [-0.39, 0.29) is 0 Å². The summed E-state index contributed by atoms with van der Waals surface area (Å²) in [5.41, 5.74) is 3.18. The highest BCUT2D eigenvalue weighted by atomic mass is 35.5. The molecule has 0 unspecified atom stereocenters. The number of aromatic nitrogens is 2. The zero-order valence-electron chi connectivity index (χ0n) is 11.7. The van der Waals surface area contributed by atoms with E-state index in [9.17, 15) is 0 Å². The molecule has 1 fully saturated rings. The van der Waals surface area contributed by atoms with Gasteiger partial charge in [0.15, 0.2) is 0 Å². The van der Waals surface area contributed by atoms with Crippen molar-refractivity contribution in [2.75, 3.05) is 5.88 Å². The predicted molar refractivity (Wildman–Crippen MR) is 80.8 cm³/mol. The number of aryl methyl sites for hydroxylation is 1. The van der Waals surface area contributed by atoms with Gasteiger partial charge in [-0.25, -0.2) is 4.98 Å². The van der Waals surface area contributed by atoms with Crippen LogP contribution in [0.2, 0.25) is 0 Å². The molecular formula is C16H18ClN3. The number of rotatable bonds is 5. The van der Waals surface area contributed by atoms with Gasteiger partial charge in [0, 0.05) is 18.8 Å². The molecule has 0 N–H and O–H groups in total. The van der Waals surface area contributed by atoms with Gasteiger partial charge in [0.2, 0.25) is 0 Å². The number of imidazole rings is 1. The summed E-state index contributed by atoms with van der Waals surface area (Å²) in [5.74, 6) is 1.62. The third-order valence-electron chi connectivity index (χ3n) is 4.48. The largest absolute Gasteiger partial charge is 0.327 e. The van der Waals surface area contributed by atoms with Gasteiger partial charge >= 0.3 is 0 Å². The summed E-state index contributed by atoms with van der Waals surface area (Å²) >= 11 is 5.91. The molecule has 0 radical (unpaired) electrons. The van der Waals surface area contributed by atoms with Crippen molar-refractivity contribution in [2.45, 2.75) is 39.2 Å². The van der Waals surface area contributed by atoms with Crippen molar-refractivity contribution in [2.24, 2.45) is 5.41 Å². The topological polar surface area (TPSA) is 41.6 Å². The van der Waals surface area contributed by atoms with Crippen LogP contribution in [0.5, 0.6) is 0 Å². The molecule has 1 aromatic carbocycles. The molecule has 0 bridgehead atoms. The minimum Gasteiger partial charge on any atom is -0.327 e. The maximum atomic E-state index is 9.09. The van der Waals surface area contributed by atoms with E-state index in [1.54, 1.807) is 0 Å². The van der Waals surface area contributed by atoms with E-state index in [1.165, 1.54) is 19.3 Å². The molecule has 0 atom stereocenters. The van der Waals surface area contributed by atoms with Gasteiger partial charge < -0.3 is 4.57 Å². The molecule has 1 aliphatic rings.